The Labute approximate surface area is 176 Å². The van der Waals surface area contributed by atoms with Gasteiger partial charge in [0.15, 0.2) is 0 Å². The Bertz CT molecular complexity index is 1020. The highest BCUT2D eigenvalue weighted by Crippen LogP contribution is 2.43. The van der Waals surface area contributed by atoms with Gasteiger partial charge in [0.25, 0.3) is 0 Å². The lowest BCUT2D eigenvalue weighted by Gasteiger charge is -2.42. The fourth-order valence-electron chi connectivity index (χ4n) is 4.61. The van der Waals surface area contributed by atoms with Crippen molar-refractivity contribution in [3.8, 4) is 16.9 Å². The fraction of sp³-hybridized carbons (Fsp3) is 0.478. The zero-order chi connectivity index (χ0) is 20.5. The number of likely N-dealkylation sites (tertiary alicyclic amines) is 1. The second-order valence-corrected chi connectivity index (χ2v) is 8.42. The van der Waals surface area contributed by atoms with Crippen LogP contribution < -0.4 is 10.5 Å². The first-order valence-corrected chi connectivity index (χ1v) is 10.8. The van der Waals surface area contributed by atoms with Gasteiger partial charge >= 0.3 is 0 Å². The van der Waals surface area contributed by atoms with Crippen LogP contribution in [0.4, 0.5) is 5.82 Å². The monoisotopic (exact) mass is 407 g/mol. The summed E-state index contributed by atoms with van der Waals surface area (Å²) in [5, 5.41) is 0.928. The third-order valence-electron chi connectivity index (χ3n) is 6.41. The summed E-state index contributed by atoms with van der Waals surface area (Å²) in [6.07, 6.45) is 7.52. The second-order valence-electron chi connectivity index (χ2n) is 8.42. The molecule has 5 rings (SSSR count). The van der Waals surface area contributed by atoms with Crippen molar-refractivity contribution in [3.63, 3.8) is 0 Å². The Morgan fingerprint density at radius 3 is 2.80 bits per heavy atom. The van der Waals surface area contributed by atoms with E-state index in [4.69, 9.17) is 15.2 Å². The Morgan fingerprint density at radius 1 is 1.17 bits per heavy atom. The summed E-state index contributed by atoms with van der Waals surface area (Å²) in [5.41, 5.74) is 9.35. The predicted octanol–water partition coefficient (Wildman–Crippen LogP) is 3.36. The van der Waals surface area contributed by atoms with Crippen molar-refractivity contribution < 1.29 is 9.47 Å². The molecule has 2 N–H and O–H groups in total. The van der Waals surface area contributed by atoms with Crippen molar-refractivity contribution in [1.82, 2.24) is 19.4 Å². The number of methoxy groups -OCH3 is 1. The summed E-state index contributed by atoms with van der Waals surface area (Å²) in [4.78, 5) is 11.4. The molecule has 158 valence electrons. The minimum absolute atomic E-state index is 0.475. The molecule has 0 spiro atoms. The molecule has 1 aliphatic heterocycles. The van der Waals surface area contributed by atoms with Crippen molar-refractivity contribution in [1.29, 1.82) is 0 Å². The molecule has 1 saturated carbocycles. The first-order chi connectivity index (χ1) is 14.7. The molecule has 0 radical (unpaired) electrons. The Balaban J connectivity index is 1.43. The van der Waals surface area contributed by atoms with E-state index in [1.807, 2.05) is 12.1 Å². The normalized spacial score (nSPS) is 21.4. The van der Waals surface area contributed by atoms with Gasteiger partial charge < -0.3 is 24.7 Å². The molecular formula is C23H29N5O2. The first kappa shape index (κ1) is 19.3. The van der Waals surface area contributed by atoms with Crippen molar-refractivity contribution in [3.05, 3.63) is 36.8 Å². The summed E-state index contributed by atoms with van der Waals surface area (Å²) in [6, 6.07) is 8.58. The number of nitrogen functional groups attached to an aromatic ring is 1. The van der Waals surface area contributed by atoms with Crippen LogP contribution in [0.2, 0.25) is 0 Å². The average molecular weight is 408 g/mol. The molecule has 0 atom stereocenters. The number of nitrogens with two attached hydrogens (primary N) is 1. The molecule has 7 heteroatoms. The molecule has 2 aromatic heterocycles. The van der Waals surface area contributed by atoms with Gasteiger partial charge in [-0.1, -0.05) is 12.1 Å². The first-order valence-electron chi connectivity index (χ1n) is 10.8. The fourth-order valence-corrected chi connectivity index (χ4v) is 4.61. The van der Waals surface area contributed by atoms with E-state index in [0.29, 0.717) is 25.1 Å². The van der Waals surface area contributed by atoms with Crippen LogP contribution in [-0.4, -0.2) is 59.4 Å². The van der Waals surface area contributed by atoms with E-state index in [9.17, 15) is 0 Å². The lowest BCUT2D eigenvalue weighted by molar-refractivity contribution is 0.0921. The maximum absolute atomic E-state index is 6.30. The van der Waals surface area contributed by atoms with E-state index >= 15 is 0 Å². The average Bonchev–Trinajstić information content (AvgIpc) is 3.07. The Morgan fingerprint density at radius 2 is 2.03 bits per heavy atom. The SMILES string of the molecule is COCCOc1cccc(-c2cn(C3CC(CN4CCC4)C3)c3ncnc(N)c23)c1. The number of aromatic nitrogens is 3. The highest BCUT2D eigenvalue weighted by molar-refractivity contribution is 6.00. The standard InChI is InChI=1S/C23H29N5O2/c1-29-8-9-30-19-5-2-4-17(12-19)20-14-28(23-21(20)22(24)25-15-26-23)18-10-16(11-18)13-27-6-3-7-27/h2,4-5,12,14-16,18H,3,6-11,13H2,1H3,(H2,24,25,26). The molecule has 2 fully saturated rings. The van der Waals surface area contributed by atoms with E-state index in [0.717, 1.165) is 33.8 Å². The maximum atomic E-state index is 6.30. The van der Waals surface area contributed by atoms with Gasteiger partial charge in [0.05, 0.1) is 12.0 Å². The van der Waals surface area contributed by atoms with Gasteiger partial charge in [0, 0.05) is 31.5 Å². The number of ether oxygens (including phenoxy) is 2. The number of hydrogen-bond donors (Lipinski definition) is 1. The van der Waals surface area contributed by atoms with Crippen molar-refractivity contribution in [2.45, 2.75) is 25.3 Å². The van der Waals surface area contributed by atoms with Gasteiger partial charge in [0.1, 0.15) is 30.1 Å². The molecule has 7 nitrogen and oxygen atoms in total. The van der Waals surface area contributed by atoms with Crippen LogP contribution in [0.1, 0.15) is 25.3 Å². The van der Waals surface area contributed by atoms with Gasteiger partial charge in [-0.2, -0.15) is 0 Å². The van der Waals surface area contributed by atoms with Crippen molar-refractivity contribution in [2.24, 2.45) is 5.92 Å². The number of nitrogens with zero attached hydrogens (tertiary/aromatic N) is 4. The van der Waals surface area contributed by atoms with E-state index in [1.165, 1.54) is 38.9 Å². The summed E-state index contributed by atoms with van der Waals surface area (Å²) < 4.78 is 13.2. The van der Waals surface area contributed by atoms with E-state index in [-0.39, 0.29) is 0 Å². The van der Waals surface area contributed by atoms with Gasteiger partial charge in [-0.05, 0) is 56.0 Å². The molecule has 0 bridgehead atoms. The highest BCUT2D eigenvalue weighted by Gasteiger charge is 2.34. The van der Waals surface area contributed by atoms with E-state index < -0.39 is 0 Å². The van der Waals surface area contributed by atoms with Crippen molar-refractivity contribution in [2.75, 3.05) is 45.7 Å². The maximum Gasteiger partial charge on any atom is 0.146 e. The lowest BCUT2D eigenvalue weighted by Crippen LogP contribution is -2.43. The summed E-state index contributed by atoms with van der Waals surface area (Å²) in [6.45, 7) is 4.85. The minimum atomic E-state index is 0.475. The van der Waals surface area contributed by atoms with Gasteiger partial charge in [0.2, 0.25) is 0 Å². The Kier molecular flexibility index (Phi) is 5.31. The highest BCUT2D eigenvalue weighted by atomic mass is 16.5. The number of rotatable bonds is 8. The molecule has 0 unspecified atom stereocenters. The quantitative estimate of drug-likeness (QED) is 0.577. The number of hydrogen-bond acceptors (Lipinski definition) is 6. The summed E-state index contributed by atoms with van der Waals surface area (Å²) in [5.74, 6) is 2.13. The van der Waals surface area contributed by atoms with Crippen LogP contribution in [-0.2, 0) is 4.74 Å². The molecule has 2 aliphatic rings. The number of anilines is 1. The van der Waals surface area contributed by atoms with Gasteiger partial charge in [-0.15, -0.1) is 0 Å². The third-order valence-corrected chi connectivity index (χ3v) is 6.41. The minimum Gasteiger partial charge on any atom is -0.491 e. The van der Waals surface area contributed by atoms with Gasteiger partial charge in [-0.25, -0.2) is 9.97 Å². The summed E-state index contributed by atoms with van der Waals surface area (Å²) in [7, 11) is 1.67. The molecule has 3 heterocycles. The second kappa shape index (κ2) is 8.24. The van der Waals surface area contributed by atoms with Crippen LogP contribution in [0, 0.1) is 5.92 Å². The Hall–Kier alpha value is -2.64. The molecule has 1 aromatic carbocycles. The smallest absolute Gasteiger partial charge is 0.146 e. The predicted molar refractivity (Wildman–Crippen MR) is 118 cm³/mol. The lowest BCUT2D eigenvalue weighted by atomic mass is 9.79. The van der Waals surface area contributed by atoms with Crippen LogP contribution in [0.15, 0.2) is 36.8 Å². The largest absolute Gasteiger partial charge is 0.491 e. The zero-order valence-electron chi connectivity index (χ0n) is 17.5. The van der Waals surface area contributed by atoms with E-state index in [1.54, 1.807) is 13.4 Å². The van der Waals surface area contributed by atoms with Crippen molar-refractivity contribution >= 4 is 16.9 Å². The number of fused-ring (bicyclic) bond motifs is 1. The molecular weight excluding hydrogens is 378 g/mol. The molecule has 1 aliphatic carbocycles. The van der Waals surface area contributed by atoms with Crippen LogP contribution in [0.3, 0.4) is 0 Å². The number of benzene rings is 1. The van der Waals surface area contributed by atoms with Gasteiger partial charge in [-0.3, -0.25) is 0 Å². The molecule has 30 heavy (non-hydrogen) atoms. The van der Waals surface area contributed by atoms with Crippen LogP contribution in [0.25, 0.3) is 22.2 Å². The van der Waals surface area contributed by atoms with Crippen LogP contribution >= 0.6 is 0 Å². The summed E-state index contributed by atoms with van der Waals surface area (Å²) >= 11 is 0. The molecule has 3 aromatic rings. The molecule has 1 saturated heterocycles. The zero-order valence-corrected chi connectivity index (χ0v) is 17.5. The topological polar surface area (TPSA) is 78.4 Å². The molecule has 0 amide bonds. The van der Waals surface area contributed by atoms with Crippen LogP contribution in [0.5, 0.6) is 5.75 Å². The van der Waals surface area contributed by atoms with E-state index in [2.05, 4.69) is 37.8 Å². The third kappa shape index (κ3) is 3.63.